The van der Waals surface area contributed by atoms with E-state index in [1.165, 1.54) is 0 Å². The van der Waals surface area contributed by atoms with Crippen LogP contribution in [0.1, 0.15) is 55.4 Å². The van der Waals surface area contributed by atoms with Crippen molar-refractivity contribution < 1.29 is 18.8 Å². The summed E-state index contributed by atoms with van der Waals surface area (Å²) in [7, 11) is 0. The monoisotopic (exact) mass is 349 g/mol. The average Bonchev–Trinajstić information content (AvgIpc) is 3.20. The van der Waals surface area contributed by atoms with Crippen molar-refractivity contribution in [1.29, 1.82) is 0 Å². The summed E-state index contributed by atoms with van der Waals surface area (Å²) in [5, 5.41) is 4.10. The highest BCUT2D eigenvalue weighted by molar-refractivity contribution is 5.99. The molecule has 0 bridgehead atoms. The first-order valence-electron chi connectivity index (χ1n) is 8.95. The van der Waals surface area contributed by atoms with Crippen LogP contribution in [0.5, 0.6) is 0 Å². The van der Waals surface area contributed by atoms with Gasteiger partial charge in [0.25, 0.3) is 5.91 Å². The summed E-state index contributed by atoms with van der Waals surface area (Å²) < 4.78 is 10.6. The van der Waals surface area contributed by atoms with Gasteiger partial charge in [0.1, 0.15) is 23.1 Å². The highest BCUT2D eigenvalue weighted by Crippen LogP contribution is 2.30. The Morgan fingerprint density at radius 3 is 2.48 bits per heavy atom. The molecule has 1 unspecified atom stereocenters. The Balaban J connectivity index is 1.84. The molecule has 2 saturated heterocycles. The molecule has 2 aliphatic heterocycles. The van der Waals surface area contributed by atoms with Crippen LogP contribution in [0.2, 0.25) is 0 Å². The summed E-state index contributed by atoms with van der Waals surface area (Å²) in [6.07, 6.45) is 1.54. The summed E-state index contributed by atoms with van der Waals surface area (Å²) in [6.45, 7) is 10.7. The van der Waals surface area contributed by atoms with E-state index in [1.807, 2.05) is 25.7 Å². The van der Waals surface area contributed by atoms with E-state index in [4.69, 9.17) is 9.26 Å². The fourth-order valence-corrected chi connectivity index (χ4v) is 3.54. The first-order chi connectivity index (χ1) is 11.8. The van der Waals surface area contributed by atoms with Crippen LogP contribution in [0.15, 0.2) is 4.52 Å². The van der Waals surface area contributed by atoms with Gasteiger partial charge in [-0.1, -0.05) is 25.9 Å². The van der Waals surface area contributed by atoms with Crippen molar-refractivity contribution in [1.82, 2.24) is 15.0 Å². The van der Waals surface area contributed by atoms with Gasteiger partial charge in [0.2, 0.25) is 5.91 Å². The molecule has 7 heteroatoms. The highest BCUT2D eigenvalue weighted by atomic mass is 16.5. The molecule has 0 saturated carbocycles. The maximum atomic E-state index is 13.2. The number of hydrogen-bond donors (Lipinski definition) is 0. The lowest BCUT2D eigenvalue weighted by Gasteiger charge is -2.32. The van der Waals surface area contributed by atoms with Gasteiger partial charge in [-0.2, -0.15) is 0 Å². The molecule has 2 amide bonds. The van der Waals surface area contributed by atoms with E-state index >= 15 is 0 Å². The number of aromatic nitrogens is 1. The third-order valence-electron chi connectivity index (χ3n) is 4.91. The predicted molar refractivity (Wildman–Crippen MR) is 91.4 cm³/mol. The standard InChI is InChI=1S/C18H27N3O4/c1-12-14(15(19-25-12)18(2,3)4)17(23)21-7-5-6-13(21)16(22)20-8-10-24-11-9-20/h13H,5-11H2,1-4H3. The first-order valence-corrected chi connectivity index (χ1v) is 8.95. The van der Waals surface area contributed by atoms with Crippen molar-refractivity contribution >= 4 is 11.8 Å². The number of nitrogens with zero attached hydrogens (tertiary/aromatic N) is 3. The lowest BCUT2D eigenvalue weighted by atomic mass is 9.88. The van der Waals surface area contributed by atoms with Crippen LogP contribution in [0, 0.1) is 6.92 Å². The van der Waals surface area contributed by atoms with Crippen molar-refractivity contribution in [3.05, 3.63) is 17.0 Å². The Morgan fingerprint density at radius 2 is 1.84 bits per heavy atom. The number of aryl methyl sites for hydroxylation is 1. The zero-order valence-corrected chi connectivity index (χ0v) is 15.5. The largest absolute Gasteiger partial charge is 0.378 e. The van der Waals surface area contributed by atoms with Crippen molar-refractivity contribution in [3.63, 3.8) is 0 Å². The summed E-state index contributed by atoms with van der Waals surface area (Å²) in [5.74, 6) is 0.396. The van der Waals surface area contributed by atoms with E-state index < -0.39 is 6.04 Å². The van der Waals surface area contributed by atoms with Gasteiger partial charge >= 0.3 is 0 Å². The summed E-state index contributed by atoms with van der Waals surface area (Å²) >= 11 is 0. The molecule has 25 heavy (non-hydrogen) atoms. The van der Waals surface area contributed by atoms with Crippen LogP contribution in [-0.2, 0) is 14.9 Å². The van der Waals surface area contributed by atoms with E-state index in [9.17, 15) is 9.59 Å². The molecular weight excluding hydrogens is 322 g/mol. The van der Waals surface area contributed by atoms with Crippen LogP contribution in [0.3, 0.4) is 0 Å². The van der Waals surface area contributed by atoms with Crippen molar-refractivity contribution in [2.75, 3.05) is 32.8 Å². The number of ether oxygens (including phenoxy) is 1. The molecule has 1 atom stereocenters. The molecule has 1 aromatic rings. The Kier molecular flexibility index (Phi) is 4.86. The van der Waals surface area contributed by atoms with Crippen LogP contribution in [0.4, 0.5) is 0 Å². The predicted octanol–water partition coefficient (Wildman–Crippen LogP) is 1.74. The Labute approximate surface area is 148 Å². The molecule has 2 aliphatic rings. The number of rotatable bonds is 2. The lowest BCUT2D eigenvalue weighted by Crippen LogP contribution is -2.51. The molecule has 0 radical (unpaired) electrons. The van der Waals surface area contributed by atoms with Gasteiger partial charge in [-0.25, -0.2) is 0 Å². The molecular formula is C18H27N3O4. The van der Waals surface area contributed by atoms with Gasteiger partial charge in [0.15, 0.2) is 0 Å². The zero-order valence-electron chi connectivity index (χ0n) is 15.5. The third kappa shape index (κ3) is 3.42. The number of carbonyl (C=O) groups is 2. The van der Waals surface area contributed by atoms with E-state index in [0.717, 1.165) is 6.42 Å². The second kappa shape index (κ2) is 6.78. The maximum absolute atomic E-state index is 13.2. The third-order valence-corrected chi connectivity index (χ3v) is 4.91. The second-order valence-electron chi connectivity index (χ2n) is 7.81. The molecule has 0 spiro atoms. The number of morpholine rings is 1. The van der Waals surface area contributed by atoms with Crippen molar-refractivity contribution in [2.24, 2.45) is 0 Å². The maximum Gasteiger partial charge on any atom is 0.260 e. The number of hydrogen-bond acceptors (Lipinski definition) is 5. The molecule has 0 aliphatic carbocycles. The number of amides is 2. The molecule has 3 heterocycles. The Morgan fingerprint density at radius 1 is 1.16 bits per heavy atom. The van der Waals surface area contributed by atoms with Gasteiger partial charge in [-0.3, -0.25) is 9.59 Å². The Hall–Kier alpha value is -1.89. The van der Waals surface area contributed by atoms with Gasteiger partial charge in [0.05, 0.1) is 13.2 Å². The highest BCUT2D eigenvalue weighted by Gasteiger charge is 2.40. The van der Waals surface area contributed by atoms with E-state index in [1.54, 1.807) is 11.8 Å². The first kappa shape index (κ1) is 17.9. The van der Waals surface area contributed by atoms with Crippen molar-refractivity contribution in [2.45, 2.75) is 52.0 Å². The second-order valence-corrected chi connectivity index (χ2v) is 7.81. The SMILES string of the molecule is Cc1onc(C(C)(C)C)c1C(=O)N1CCCC1C(=O)N1CCOCC1. The smallest absolute Gasteiger partial charge is 0.260 e. The van der Waals surface area contributed by atoms with E-state index in [-0.39, 0.29) is 17.2 Å². The van der Waals surface area contributed by atoms with E-state index in [2.05, 4.69) is 5.16 Å². The quantitative estimate of drug-likeness (QED) is 0.813. The Bertz CT molecular complexity index is 656. The van der Waals surface area contributed by atoms with Crippen LogP contribution in [0.25, 0.3) is 0 Å². The average molecular weight is 349 g/mol. The minimum atomic E-state index is -0.396. The molecule has 2 fully saturated rings. The van der Waals surface area contributed by atoms with E-state index in [0.29, 0.717) is 56.3 Å². The van der Waals surface area contributed by atoms with Crippen LogP contribution >= 0.6 is 0 Å². The zero-order chi connectivity index (χ0) is 18.2. The lowest BCUT2D eigenvalue weighted by molar-refractivity contribution is -0.139. The van der Waals surface area contributed by atoms with Gasteiger partial charge in [-0.15, -0.1) is 0 Å². The number of carbonyl (C=O) groups excluding carboxylic acids is 2. The fraction of sp³-hybridized carbons (Fsp3) is 0.722. The van der Waals surface area contributed by atoms with Crippen LogP contribution in [-0.4, -0.2) is 65.7 Å². The topological polar surface area (TPSA) is 75.9 Å². The summed E-state index contributed by atoms with van der Waals surface area (Å²) in [6, 6.07) is -0.396. The summed E-state index contributed by atoms with van der Waals surface area (Å²) in [4.78, 5) is 29.6. The minimum absolute atomic E-state index is 0.0283. The van der Waals surface area contributed by atoms with Gasteiger partial charge in [0, 0.05) is 25.0 Å². The fourth-order valence-electron chi connectivity index (χ4n) is 3.54. The number of likely N-dealkylation sites (tertiary alicyclic amines) is 1. The van der Waals surface area contributed by atoms with Gasteiger partial charge in [-0.05, 0) is 19.8 Å². The van der Waals surface area contributed by atoms with Crippen molar-refractivity contribution in [3.8, 4) is 0 Å². The molecule has 1 aromatic heterocycles. The normalized spacial score (nSPS) is 21.7. The van der Waals surface area contributed by atoms with Gasteiger partial charge < -0.3 is 19.1 Å². The molecule has 7 nitrogen and oxygen atoms in total. The molecule has 138 valence electrons. The summed E-state index contributed by atoms with van der Waals surface area (Å²) in [5.41, 5.74) is 0.861. The molecule has 3 rings (SSSR count). The minimum Gasteiger partial charge on any atom is -0.378 e. The molecule has 0 aromatic carbocycles. The van der Waals surface area contributed by atoms with Crippen LogP contribution < -0.4 is 0 Å². The molecule has 0 N–H and O–H groups in total.